The van der Waals surface area contributed by atoms with Crippen LogP contribution in [0.5, 0.6) is 0 Å². The van der Waals surface area contributed by atoms with Gasteiger partial charge < -0.3 is 5.11 Å². The average molecular weight is 370 g/mol. The highest BCUT2D eigenvalue weighted by Crippen LogP contribution is 2.34. The van der Waals surface area contributed by atoms with Crippen LogP contribution in [0.15, 0.2) is 59.2 Å². The Balaban J connectivity index is 2.29. The molecule has 0 spiro atoms. The van der Waals surface area contributed by atoms with E-state index in [1.54, 1.807) is 18.2 Å². The van der Waals surface area contributed by atoms with E-state index in [4.69, 9.17) is 0 Å². The minimum Gasteiger partial charge on any atom is -0.372 e. The molecule has 116 valence electrons. The first-order valence-corrected chi connectivity index (χ1v) is 8.03. The summed E-state index contributed by atoms with van der Waals surface area (Å²) >= 11 is 3.37. The van der Waals surface area contributed by atoms with Gasteiger partial charge in [0.05, 0.1) is 17.1 Å². The van der Waals surface area contributed by atoms with Crippen molar-refractivity contribution in [3.63, 3.8) is 0 Å². The molecule has 0 saturated heterocycles. The molecule has 0 atom stereocenters. The first-order chi connectivity index (χ1) is 11.0. The lowest BCUT2D eigenvalue weighted by atomic mass is 9.89. The molecule has 4 nitrogen and oxygen atoms in total. The highest BCUT2D eigenvalue weighted by atomic mass is 79.9. The van der Waals surface area contributed by atoms with Crippen molar-refractivity contribution in [2.45, 2.75) is 19.4 Å². The van der Waals surface area contributed by atoms with E-state index in [0.717, 1.165) is 11.4 Å². The maximum absolute atomic E-state index is 11.6. The van der Waals surface area contributed by atoms with Crippen LogP contribution in [-0.2, 0) is 5.60 Å². The molecule has 0 unspecified atom stereocenters. The van der Waals surface area contributed by atoms with Gasteiger partial charge in [0, 0.05) is 11.4 Å². The summed E-state index contributed by atoms with van der Waals surface area (Å²) in [4.78, 5) is 13.5. The summed E-state index contributed by atoms with van der Waals surface area (Å²) in [6.45, 7) is 3.78. The van der Waals surface area contributed by atoms with Gasteiger partial charge in [-0.05, 0) is 66.2 Å². The summed E-state index contributed by atoms with van der Waals surface area (Å²) in [7, 11) is 0. The van der Waals surface area contributed by atoms with E-state index in [-0.39, 0.29) is 0 Å². The van der Waals surface area contributed by atoms with E-state index < -0.39 is 5.60 Å². The Bertz CT molecular complexity index is 740. The molecule has 3 rings (SSSR count). The van der Waals surface area contributed by atoms with Crippen molar-refractivity contribution in [1.29, 1.82) is 0 Å². The summed E-state index contributed by atoms with van der Waals surface area (Å²) in [5.41, 5.74) is 1.61. The molecule has 5 heteroatoms. The van der Waals surface area contributed by atoms with Gasteiger partial charge >= 0.3 is 0 Å². The van der Waals surface area contributed by atoms with Crippen LogP contribution >= 0.6 is 15.9 Å². The first kappa shape index (κ1) is 15.8. The van der Waals surface area contributed by atoms with Gasteiger partial charge in [0.25, 0.3) is 0 Å². The molecule has 3 aromatic rings. The van der Waals surface area contributed by atoms with Gasteiger partial charge in [-0.25, -0.2) is 4.98 Å². The third-order valence-electron chi connectivity index (χ3n) is 3.60. The molecule has 0 saturated carbocycles. The lowest BCUT2D eigenvalue weighted by molar-refractivity contribution is 0.110. The van der Waals surface area contributed by atoms with E-state index in [0.29, 0.717) is 21.7 Å². The van der Waals surface area contributed by atoms with Gasteiger partial charge in [-0.2, -0.15) is 0 Å². The molecule has 1 N–H and O–H groups in total. The predicted molar refractivity (Wildman–Crippen MR) is 92.0 cm³/mol. The smallest absolute Gasteiger partial charge is 0.191 e. The van der Waals surface area contributed by atoms with Crippen LogP contribution in [0.1, 0.15) is 28.5 Å². The Labute approximate surface area is 143 Å². The molecule has 0 radical (unpaired) electrons. The van der Waals surface area contributed by atoms with Crippen molar-refractivity contribution in [1.82, 2.24) is 15.0 Å². The summed E-state index contributed by atoms with van der Waals surface area (Å²) < 4.78 is 0.647. The SMILES string of the molecule is Cc1cccc(C(O)(c2cccc(C)n2)c2cccc(Br)n2)n1. The van der Waals surface area contributed by atoms with Gasteiger partial charge in [0.1, 0.15) is 4.60 Å². The summed E-state index contributed by atoms with van der Waals surface area (Å²) in [5, 5.41) is 11.6. The Morgan fingerprint density at radius 3 is 1.61 bits per heavy atom. The van der Waals surface area contributed by atoms with E-state index in [1.807, 2.05) is 50.2 Å². The maximum atomic E-state index is 11.6. The molecular weight excluding hydrogens is 354 g/mol. The maximum Gasteiger partial charge on any atom is 0.191 e. The first-order valence-electron chi connectivity index (χ1n) is 7.24. The zero-order chi connectivity index (χ0) is 16.4. The summed E-state index contributed by atoms with van der Waals surface area (Å²) in [6, 6.07) is 16.5. The van der Waals surface area contributed by atoms with Gasteiger partial charge in [-0.3, -0.25) is 9.97 Å². The van der Waals surface area contributed by atoms with Crippen molar-refractivity contribution in [2.24, 2.45) is 0 Å². The Morgan fingerprint density at radius 2 is 1.17 bits per heavy atom. The minimum absolute atomic E-state index is 0.475. The van der Waals surface area contributed by atoms with Crippen molar-refractivity contribution >= 4 is 15.9 Å². The van der Waals surface area contributed by atoms with Crippen molar-refractivity contribution < 1.29 is 5.11 Å². The average Bonchev–Trinajstić information content (AvgIpc) is 2.54. The van der Waals surface area contributed by atoms with E-state index >= 15 is 0 Å². The number of hydrogen-bond donors (Lipinski definition) is 1. The standard InChI is InChI=1S/C18H16BrN3O/c1-12-6-3-8-14(20-12)18(23,15-9-4-7-13(2)21-15)16-10-5-11-17(19)22-16/h3-11,23H,1-2H3. The van der Waals surface area contributed by atoms with Crippen LogP contribution in [0.3, 0.4) is 0 Å². The molecule has 23 heavy (non-hydrogen) atoms. The van der Waals surface area contributed by atoms with Crippen LogP contribution < -0.4 is 0 Å². The number of pyridine rings is 3. The summed E-state index contributed by atoms with van der Waals surface area (Å²) in [6.07, 6.45) is 0. The number of aliphatic hydroxyl groups is 1. The van der Waals surface area contributed by atoms with Crippen LogP contribution in [0, 0.1) is 13.8 Å². The van der Waals surface area contributed by atoms with Gasteiger partial charge in [-0.15, -0.1) is 0 Å². The lowest BCUT2D eigenvalue weighted by Gasteiger charge is -2.27. The second-order valence-electron chi connectivity index (χ2n) is 5.38. The van der Waals surface area contributed by atoms with E-state index in [2.05, 4.69) is 30.9 Å². The number of hydrogen-bond acceptors (Lipinski definition) is 4. The van der Waals surface area contributed by atoms with Gasteiger partial charge in [0.2, 0.25) is 0 Å². The molecule has 0 amide bonds. The van der Waals surface area contributed by atoms with Crippen LogP contribution in [0.2, 0.25) is 0 Å². The number of nitrogens with zero attached hydrogens (tertiary/aromatic N) is 3. The number of aryl methyl sites for hydroxylation is 2. The Kier molecular flexibility index (Phi) is 4.24. The number of aromatic nitrogens is 3. The molecule has 3 aromatic heterocycles. The number of halogens is 1. The summed E-state index contributed by atoms with van der Waals surface area (Å²) in [5.74, 6) is 0. The third kappa shape index (κ3) is 3.02. The zero-order valence-corrected chi connectivity index (χ0v) is 14.4. The third-order valence-corrected chi connectivity index (χ3v) is 4.05. The molecule has 3 heterocycles. The topological polar surface area (TPSA) is 58.9 Å². The predicted octanol–water partition coefficient (Wildman–Crippen LogP) is 3.54. The van der Waals surface area contributed by atoms with Crippen molar-refractivity contribution in [3.05, 3.63) is 87.7 Å². The van der Waals surface area contributed by atoms with Gasteiger partial charge in [0.15, 0.2) is 5.60 Å². The Hall–Kier alpha value is -2.11. The fraction of sp³-hybridized carbons (Fsp3) is 0.167. The molecule has 0 aliphatic rings. The van der Waals surface area contributed by atoms with Crippen LogP contribution in [-0.4, -0.2) is 20.1 Å². The quantitative estimate of drug-likeness (QED) is 0.717. The van der Waals surface area contributed by atoms with E-state index in [1.165, 1.54) is 0 Å². The molecular formula is C18H16BrN3O. The van der Waals surface area contributed by atoms with Crippen LogP contribution in [0.4, 0.5) is 0 Å². The highest BCUT2D eigenvalue weighted by molar-refractivity contribution is 9.10. The Morgan fingerprint density at radius 1 is 0.739 bits per heavy atom. The van der Waals surface area contributed by atoms with E-state index in [9.17, 15) is 5.11 Å². The molecule has 0 aliphatic heterocycles. The fourth-order valence-electron chi connectivity index (χ4n) is 2.49. The highest BCUT2D eigenvalue weighted by Gasteiger charge is 2.38. The second kappa shape index (κ2) is 6.18. The van der Waals surface area contributed by atoms with Crippen molar-refractivity contribution in [3.8, 4) is 0 Å². The monoisotopic (exact) mass is 369 g/mol. The normalized spacial score (nSPS) is 11.5. The lowest BCUT2D eigenvalue weighted by Crippen LogP contribution is -2.32. The van der Waals surface area contributed by atoms with Crippen LogP contribution in [0.25, 0.3) is 0 Å². The minimum atomic E-state index is -1.51. The molecule has 0 bridgehead atoms. The largest absolute Gasteiger partial charge is 0.372 e. The van der Waals surface area contributed by atoms with Gasteiger partial charge in [-0.1, -0.05) is 18.2 Å². The fourth-order valence-corrected chi connectivity index (χ4v) is 2.84. The van der Waals surface area contributed by atoms with Crippen molar-refractivity contribution in [2.75, 3.05) is 0 Å². The molecule has 0 aromatic carbocycles. The number of rotatable bonds is 3. The molecule has 0 fully saturated rings. The second-order valence-corrected chi connectivity index (χ2v) is 6.20. The molecule has 0 aliphatic carbocycles. The zero-order valence-electron chi connectivity index (χ0n) is 12.9.